The van der Waals surface area contributed by atoms with Crippen LogP contribution < -0.4 is 4.74 Å². The second kappa shape index (κ2) is 8.03. The first-order chi connectivity index (χ1) is 12.9. The molecule has 140 valence electrons. The summed E-state index contributed by atoms with van der Waals surface area (Å²) in [5, 5.41) is 4.01. The third-order valence-electron chi connectivity index (χ3n) is 4.24. The molecule has 3 rings (SSSR count). The van der Waals surface area contributed by atoms with Gasteiger partial charge in [-0.1, -0.05) is 47.1 Å². The molecule has 0 aliphatic rings. The van der Waals surface area contributed by atoms with Crippen LogP contribution in [0.5, 0.6) is 5.75 Å². The fourth-order valence-electron chi connectivity index (χ4n) is 2.74. The molecule has 1 heterocycles. The molecule has 1 atom stereocenters. The van der Waals surface area contributed by atoms with Crippen molar-refractivity contribution >= 4 is 5.91 Å². The van der Waals surface area contributed by atoms with E-state index in [2.05, 4.69) is 10.1 Å². The lowest BCUT2D eigenvalue weighted by molar-refractivity contribution is -0.137. The maximum atomic E-state index is 12.6. The molecule has 2 aromatic carbocycles. The molecule has 0 N–H and O–H groups in total. The van der Waals surface area contributed by atoms with E-state index in [0.717, 1.165) is 16.7 Å². The molecule has 6 heteroatoms. The Balaban J connectivity index is 1.64. The fourth-order valence-corrected chi connectivity index (χ4v) is 2.74. The maximum absolute atomic E-state index is 12.6. The number of ether oxygens (including phenoxy) is 1. The van der Waals surface area contributed by atoms with Crippen LogP contribution in [0.25, 0.3) is 11.4 Å². The Hall–Kier alpha value is -3.15. The van der Waals surface area contributed by atoms with Crippen molar-refractivity contribution in [3.63, 3.8) is 0 Å². The largest absolute Gasteiger partial charge is 0.481 e. The number of hydrogen-bond donors (Lipinski definition) is 0. The lowest BCUT2D eigenvalue weighted by atomic mass is 10.1. The molecule has 0 bridgehead atoms. The predicted octanol–water partition coefficient (Wildman–Crippen LogP) is 3.78. The van der Waals surface area contributed by atoms with Crippen LogP contribution in [0.3, 0.4) is 0 Å². The summed E-state index contributed by atoms with van der Waals surface area (Å²) in [4.78, 5) is 18.5. The van der Waals surface area contributed by atoms with Crippen molar-refractivity contribution < 1.29 is 14.1 Å². The van der Waals surface area contributed by atoms with E-state index >= 15 is 0 Å². The molecular formula is C21H23N3O3. The quantitative estimate of drug-likeness (QED) is 0.665. The van der Waals surface area contributed by atoms with Gasteiger partial charge in [-0.05, 0) is 38.5 Å². The van der Waals surface area contributed by atoms with Crippen molar-refractivity contribution in [1.82, 2.24) is 15.0 Å². The van der Waals surface area contributed by atoms with Crippen molar-refractivity contribution in [2.24, 2.45) is 0 Å². The molecule has 0 unspecified atom stereocenters. The first-order valence-corrected chi connectivity index (χ1v) is 8.81. The second-order valence-electron chi connectivity index (χ2n) is 6.60. The molecule has 1 amide bonds. The molecule has 0 radical (unpaired) electrons. The first-order valence-electron chi connectivity index (χ1n) is 8.81. The van der Waals surface area contributed by atoms with Gasteiger partial charge in [0.15, 0.2) is 6.10 Å². The van der Waals surface area contributed by atoms with Gasteiger partial charge >= 0.3 is 0 Å². The molecule has 3 aromatic rings. The monoisotopic (exact) mass is 365 g/mol. The van der Waals surface area contributed by atoms with Gasteiger partial charge in [0.2, 0.25) is 11.7 Å². The highest BCUT2D eigenvalue weighted by Gasteiger charge is 2.22. The summed E-state index contributed by atoms with van der Waals surface area (Å²) in [5.74, 6) is 1.43. The Kier molecular flexibility index (Phi) is 5.54. The minimum atomic E-state index is -0.615. The van der Waals surface area contributed by atoms with Crippen molar-refractivity contribution in [3.8, 4) is 17.1 Å². The maximum Gasteiger partial charge on any atom is 0.263 e. The van der Waals surface area contributed by atoms with Crippen LogP contribution in [-0.2, 0) is 11.3 Å². The zero-order chi connectivity index (χ0) is 19.4. The Morgan fingerprint density at radius 2 is 1.96 bits per heavy atom. The van der Waals surface area contributed by atoms with E-state index in [1.165, 1.54) is 4.90 Å². The van der Waals surface area contributed by atoms with Gasteiger partial charge < -0.3 is 14.2 Å². The highest BCUT2D eigenvalue weighted by atomic mass is 16.5. The first kappa shape index (κ1) is 18.6. The standard InChI is InChI=1S/C21H23N3O3/c1-14-8-7-10-17(12-14)20-22-19(27-23-20)13-24(4)21(25)16(3)26-18-11-6-5-9-15(18)2/h5-12,16H,13H2,1-4H3/t16-/m0/s1. The number of benzene rings is 2. The number of para-hydroxylation sites is 1. The lowest BCUT2D eigenvalue weighted by Gasteiger charge is -2.21. The average molecular weight is 365 g/mol. The molecule has 0 aliphatic heterocycles. The summed E-state index contributed by atoms with van der Waals surface area (Å²) in [7, 11) is 1.69. The number of carbonyl (C=O) groups is 1. The molecule has 0 fully saturated rings. The minimum absolute atomic E-state index is 0.159. The van der Waals surface area contributed by atoms with Crippen molar-refractivity contribution in [2.75, 3.05) is 7.05 Å². The second-order valence-corrected chi connectivity index (χ2v) is 6.60. The van der Waals surface area contributed by atoms with E-state index in [1.807, 2.05) is 62.4 Å². The summed E-state index contributed by atoms with van der Waals surface area (Å²) in [5.41, 5.74) is 2.99. The number of amides is 1. The zero-order valence-electron chi connectivity index (χ0n) is 16.0. The summed E-state index contributed by atoms with van der Waals surface area (Å²) < 4.78 is 11.1. The minimum Gasteiger partial charge on any atom is -0.481 e. The van der Waals surface area contributed by atoms with Crippen LogP contribution in [0.15, 0.2) is 53.1 Å². The number of carbonyl (C=O) groups excluding carboxylic acids is 1. The van der Waals surface area contributed by atoms with Gasteiger partial charge in [-0.3, -0.25) is 4.79 Å². The van der Waals surface area contributed by atoms with Gasteiger partial charge in [0, 0.05) is 12.6 Å². The van der Waals surface area contributed by atoms with Gasteiger partial charge in [0.1, 0.15) is 5.75 Å². The molecule has 0 saturated carbocycles. The number of aromatic nitrogens is 2. The van der Waals surface area contributed by atoms with Crippen molar-refractivity contribution in [2.45, 2.75) is 33.4 Å². The number of hydrogen-bond acceptors (Lipinski definition) is 5. The smallest absolute Gasteiger partial charge is 0.263 e. The highest BCUT2D eigenvalue weighted by Crippen LogP contribution is 2.19. The molecule has 1 aromatic heterocycles. The molecule has 0 spiro atoms. The van der Waals surface area contributed by atoms with Crippen LogP contribution in [0.1, 0.15) is 23.9 Å². The third kappa shape index (κ3) is 4.53. The summed E-state index contributed by atoms with van der Waals surface area (Å²) in [6.07, 6.45) is -0.615. The number of rotatable bonds is 6. The molecule has 6 nitrogen and oxygen atoms in total. The van der Waals surface area contributed by atoms with Gasteiger partial charge in [-0.2, -0.15) is 4.98 Å². The van der Waals surface area contributed by atoms with Crippen LogP contribution in [0.2, 0.25) is 0 Å². The molecular weight excluding hydrogens is 342 g/mol. The van der Waals surface area contributed by atoms with E-state index in [0.29, 0.717) is 17.5 Å². The Morgan fingerprint density at radius 3 is 2.70 bits per heavy atom. The Bertz CT molecular complexity index is 936. The zero-order valence-corrected chi connectivity index (χ0v) is 16.0. The Morgan fingerprint density at radius 1 is 1.19 bits per heavy atom. The van der Waals surface area contributed by atoms with E-state index in [4.69, 9.17) is 9.26 Å². The van der Waals surface area contributed by atoms with E-state index in [9.17, 15) is 4.79 Å². The van der Waals surface area contributed by atoms with Crippen LogP contribution in [-0.4, -0.2) is 34.1 Å². The van der Waals surface area contributed by atoms with E-state index in [-0.39, 0.29) is 12.5 Å². The van der Waals surface area contributed by atoms with Gasteiger partial charge in [-0.25, -0.2) is 0 Å². The predicted molar refractivity (Wildman–Crippen MR) is 102 cm³/mol. The number of aryl methyl sites for hydroxylation is 2. The molecule has 0 saturated heterocycles. The molecule has 27 heavy (non-hydrogen) atoms. The van der Waals surface area contributed by atoms with Gasteiger partial charge in [-0.15, -0.1) is 0 Å². The average Bonchev–Trinajstić information content (AvgIpc) is 3.11. The summed E-state index contributed by atoms with van der Waals surface area (Å²) >= 11 is 0. The van der Waals surface area contributed by atoms with Crippen LogP contribution in [0, 0.1) is 13.8 Å². The SMILES string of the molecule is Cc1cccc(-c2noc(CN(C)C(=O)[C@H](C)Oc3ccccc3C)n2)c1. The van der Waals surface area contributed by atoms with Crippen molar-refractivity contribution in [1.29, 1.82) is 0 Å². The number of likely N-dealkylation sites (N-methyl/N-ethyl adjacent to an activating group) is 1. The van der Waals surface area contributed by atoms with E-state index < -0.39 is 6.10 Å². The topological polar surface area (TPSA) is 68.5 Å². The summed E-state index contributed by atoms with van der Waals surface area (Å²) in [6, 6.07) is 15.5. The Labute approximate surface area is 158 Å². The van der Waals surface area contributed by atoms with Crippen molar-refractivity contribution in [3.05, 3.63) is 65.5 Å². The van der Waals surface area contributed by atoms with Crippen LogP contribution >= 0.6 is 0 Å². The van der Waals surface area contributed by atoms with E-state index in [1.54, 1.807) is 14.0 Å². The summed E-state index contributed by atoms with van der Waals surface area (Å²) in [6.45, 7) is 5.91. The third-order valence-corrected chi connectivity index (χ3v) is 4.24. The normalized spacial score (nSPS) is 11.9. The van der Waals surface area contributed by atoms with Crippen LogP contribution in [0.4, 0.5) is 0 Å². The number of nitrogens with zero attached hydrogens (tertiary/aromatic N) is 3. The molecule has 0 aliphatic carbocycles. The lowest BCUT2D eigenvalue weighted by Crippen LogP contribution is -2.37. The fraction of sp³-hybridized carbons (Fsp3) is 0.286. The van der Waals surface area contributed by atoms with Gasteiger partial charge in [0.25, 0.3) is 5.91 Å². The highest BCUT2D eigenvalue weighted by molar-refractivity contribution is 5.80. The van der Waals surface area contributed by atoms with Gasteiger partial charge in [0.05, 0.1) is 6.54 Å².